The number of hydrogen-bond donors (Lipinski definition) is 2. The lowest BCUT2D eigenvalue weighted by atomic mass is 9.96. The summed E-state index contributed by atoms with van der Waals surface area (Å²) in [5, 5.41) is 17.8. The molecule has 8 nitrogen and oxygen atoms in total. The fourth-order valence-electron chi connectivity index (χ4n) is 3.30. The maximum absolute atomic E-state index is 13.5. The maximum atomic E-state index is 13.5. The van der Waals surface area contributed by atoms with Crippen molar-refractivity contribution in [1.82, 2.24) is 9.80 Å². The van der Waals surface area contributed by atoms with Crippen LogP contribution in [0.4, 0.5) is 18.4 Å². The molecule has 0 radical (unpaired) electrons. The highest BCUT2D eigenvalue weighted by Crippen LogP contribution is 2.23. The van der Waals surface area contributed by atoms with E-state index < -0.39 is 35.7 Å². The van der Waals surface area contributed by atoms with Crippen molar-refractivity contribution in [3.8, 4) is 0 Å². The van der Waals surface area contributed by atoms with Crippen molar-refractivity contribution in [3.05, 3.63) is 0 Å². The summed E-state index contributed by atoms with van der Waals surface area (Å²) in [6.07, 6.45) is -2.32. The predicted molar refractivity (Wildman–Crippen MR) is 116 cm³/mol. The van der Waals surface area contributed by atoms with Crippen molar-refractivity contribution >= 4 is 12.2 Å². The highest BCUT2D eigenvalue weighted by molar-refractivity contribution is 5.68. The van der Waals surface area contributed by atoms with Crippen LogP contribution < -0.4 is 0 Å². The molecule has 2 heterocycles. The predicted octanol–water partition coefficient (Wildman–Crippen LogP) is 3.15. The number of carbonyl (C=O) groups is 2. The van der Waals surface area contributed by atoms with Crippen LogP contribution in [0.3, 0.4) is 0 Å². The number of aliphatic hydroxyl groups excluding tert-OH is 2. The zero-order chi connectivity index (χ0) is 24.7. The second-order valence-electron chi connectivity index (χ2n) is 10.3. The zero-order valence-electron chi connectivity index (χ0n) is 20.1. The van der Waals surface area contributed by atoms with Crippen LogP contribution in [0.2, 0.25) is 0 Å². The van der Waals surface area contributed by atoms with Gasteiger partial charge in [0, 0.05) is 38.1 Å². The van der Waals surface area contributed by atoms with Crippen LogP contribution in [0.1, 0.15) is 54.4 Å². The summed E-state index contributed by atoms with van der Waals surface area (Å²) in [6, 6.07) is 0. The first-order chi connectivity index (χ1) is 14.7. The van der Waals surface area contributed by atoms with Gasteiger partial charge in [-0.15, -0.1) is 0 Å². The highest BCUT2D eigenvalue weighted by atomic mass is 19.1. The molecular weight excluding hydrogens is 426 g/mol. The van der Waals surface area contributed by atoms with Crippen LogP contribution in [-0.4, -0.2) is 95.1 Å². The Morgan fingerprint density at radius 2 is 1.09 bits per heavy atom. The fraction of sp³-hybridized carbons (Fsp3) is 0.909. The molecule has 2 fully saturated rings. The Morgan fingerprint density at radius 3 is 1.31 bits per heavy atom. The normalized spacial score (nSPS) is 26.7. The average Bonchev–Trinajstić information content (AvgIpc) is 2.65. The first-order valence-corrected chi connectivity index (χ1v) is 11.1. The minimum absolute atomic E-state index is 0.0140. The Morgan fingerprint density at radius 1 is 0.781 bits per heavy atom. The number of carbonyl (C=O) groups excluding carboxylic acids is 2. The Labute approximate surface area is 189 Å². The van der Waals surface area contributed by atoms with Gasteiger partial charge in [-0.2, -0.15) is 0 Å². The lowest BCUT2D eigenvalue weighted by Crippen LogP contribution is -2.47. The van der Waals surface area contributed by atoms with Crippen LogP contribution in [0, 0.1) is 11.8 Å². The number of halogens is 2. The molecule has 0 saturated carbocycles. The van der Waals surface area contributed by atoms with Crippen molar-refractivity contribution in [1.29, 1.82) is 0 Å². The quantitative estimate of drug-likeness (QED) is 0.649. The largest absolute Gasteiger partial charge is 0.444 e. The van der Waals surface area contributed by atoms with E-state index in [1.807, 2.05) is 0 Å². The number of rotatable bonds is 2. The van der Waals surface area contributed by atoms with Gasteiger partial charge in [0.2, 0.25) is 0 Å². The summed E-state index contributed by atoms with van der Waals surface area (Å²) in [5.41, 5.74) is -1.12. The molecule has 10 heteroatoms. The van der Waals surface area contributed by atoms with E-state index in [1.165, 1.54) is 9.80 Å². The molecule has 2 aliphatic heterocycles. The summed E-state index contributed by atoms with van der Waals surface area (Å²) < 4.78 is 37.3. The smallest absolute Gasteiger partial charge is 0.410 e. The minimum atomic E-state index is -1.16. The topological polar surface area (TPSA) is 99.5 Å². The summed E-state index contributed by atoms with van der Waals surface area (Å²) in [7, 11) is 0. The molecule has 0 aromatic rings. The second-order valence-corrected chi connectivity index (χ2v) is 10.3. The third-order valence-electron chi connectivity index (χ3n) is 5.12. The number of likely N-dealkylation sites (tertiary alicyclic amines) is 2. The monoisotopic (exact) mass is 466 g/mol. The Bertz CT molecular complexity index is 556. The van der Waals surface area contributed by atoms with E-state index in [0.29, 0.717) is 25.9 Å². The molecule has 0 aliphatic carbocycles. The molecule has 2 rings (SSSR count). The van der Waals surface area contributed by atoms with Crippen LogP contribution in [-0.2, 0) is 9.47 Å². The van der Waals surface area contributed by atoms with E-state index in [4.69, 9.17) is 19.7 Å². The molecule has 2 saturated heterocycles. The van der Waals surface area contributed by atoms with Gasteiger partial charge in [-0.05, 0) is 54.4 Å². The lowest BCUT2D eigenvalue weighted by Gasteiger charge is -2.34. The second kappa shape index (κ2) is 12.0. The van der Waals surface area contributed by atoms with E-state index >= 15 is 0 Å². The number of hydrogen-bond acceptors (Lipinski definition) is 6. The molecule has 0 aromatic carbocycles. The van der Waals surface area contributed by atoms with Crippen LogP contribution in [0.25, 0.3) is 0 Å². The van der Waals surface area contributed by atoms with Crippen molar-refractivity contribution in [2.24, 2.45) is 11.8 Å². The molecule has 2 N–H and O–H groups in total. The van der Waals surface area contributed by atoms with Gasteiger partial charge in [-0.1, -0.05) is 0 Å². The fourth-order valence-corrected chi connectivity index (χ4v) is 3.30. The molecule has 188 valence electrons. The summed E-state index contributed by atoms with van der Waals surface area (Å²) >= 11 is 0. The highest BCUT2D eigenvalue weighted by Gasteiger charge is 2.34. The van der Waals surface area contributed by atoms with E-state index in [-0.39, 0.29) is 38.1 Å². The zero-order valence-corrected chi connectivity index (χ0v) is 20.1. The first-order valence-electron chi connectivity index (χ1n) is 11.1. The molecule has 2 amide bonds. The summed E-state index contributed by atoms with van der Waals surface area (Å²) in [4.78, 5) is 26.0. The van der Waals surface area contributed by atoms with Gasteiger partial charge in [-0.3, -0.25) is 0 Å². The van der Waals surface area contributed by atoms with E-state index in [1.54, 1.807) is 41.5 Å². The van der Waals surface area contributed by atoms with Gasteiger partial charge in [0.1, 0.15) is 23.5 Å². The van der Waals surface area contributed by atoms with Crippen LogP contribution in [0.15, 0.2) is 0 Å². The molecular formula is C22H40F2N2O6. The SMILES string of the molecule is CC(C)(C)OC(=O)N1CC[C@@H](CO)[C@@H](F)C1.CC(C)(C)OC(=O)N1CC[C@H](CO)[C@H](F)C1. The van der Waals surface area contributed by atoms with E-state index in [9.17, 15) is 18.4 Å². The van der Waals surface area contributed by atoms with Crippen LogP contribution in [0.5, 0.6) is 0 Å². The van der Waals surface area contributed by atoms with Crippen molar-refractivity contribution in [2.75, 3.05) is 39.4 Å². The Kier molecular flexibility index (Phi) is 10.6. The Balaban J connectivity index is 0.000000320. The van der Waals surface area contributed by atoms with Crippen molar-refractivity contribution in [3.63, 3.8) is 0 Å². The molecule has 0 unspecified atom stereocenters. The third-order valence-corrected chi connectivity index (χ3v) is 5.12. The van der Waals surface area contributed by atoms with Crippen molar-refractivity contribution in [2.45, 2.75) is 77.9 Å². The average molecular weight is 467 g/mol. The van der Waals surface area contributed by atoms with E-state index in [2.05, 4.69) is 0 Å². The maximum Gasteiger partial charge on any atom is 0.410 e. The molecule has 0 bridgehead atoms. The van der Waals surface area contributed by atoms with E-state index in [0.717, 1.165) is 0 Å². The number of amides is 2. The first kappa shape index (κ1) is 28.4. The van der Waals surface area contributed by atoms with Gasteiger partial charge in [0.05, 0.1) is 13.1 Å². The standard InChI is InChI=1S/2C11H20FNO3/c2*1-11(2,3)16-10(15)13-5-4-8(7-14)9(12)6-13/h2*8-9,14H,4-7H2,1-3H3/t2*8-,9-/m10/s1. The Hall–Kier alpha value is -1.68. The molecule has 32 heavy (non-hydrogen) atoms. The molecule has 2 aliphatic rings. The van der Waals surface area contributed by atoms with Gasteiger partial charge in [0.25, 0.3) is 0 Å². The van der Waals surface area contributed by atoms with Gasteiger partial charge in [-0.25, -0.2) is 18.4 Å². The van der Waals surface area contributed by atoms with Gasteiger partial charge in [0.15, 0.2) is 0 Å². The molecule has 0 aromatic heterocycles. The molecule has 0 spiro atoms. The summed E-state index contributed by atoms with van der Waals surface area (Å²) in [5.74, 6) is -0.697. The molecule has 4 atom stereocenters. The third kappa shape index (κ3) is 9.85. The lowest BCUT2D eigenvalue weighted by molar-refractivity contribution is -0.00156. The minimum Gasteiger partial charge on any atom is -0.444 e. The van der Waals surface area contributed by atoms with Gasteiger partial charge >= 0.3 is 12.2 Å². The number of ether oxygens (including phenoxy) is 2. The number of piperidine rings is 2. The number of nitrogens with zero attached hydrogens (tertiary/aromatic N) is 2. The van der Waals surface area contributed by atoms with Crippen molar-refractivity contribution < 1.29 is 38.1 Å². The number of aliphatic hydroxyl groups is 2. The van der Waals surface area contributed by atoms with Crippen LogP contribution >= 0.6 is 0 Å². The van der Waals surface area contributed by atoms with Gasteiger partial charge < -0.3 is 29.5 Å². The number of alkyl halides is 2. The summed E-state index contributed by atoms with van der Waals surface area (Å²) in [6.45, 7) is 11.2.